The van der Waals surface area contributed by atoms with Gasteiger partial charge in [-0.2, -0.15) is 0 Å². The zero-order chi connectivity index (χ0) is 53.0. The Kier molecular flexibility index (Phi) is 14.3. The van der Waals surface area contributed by atoms with E-state index in [2.05, 4.69) is 47.9 Å². The topological polar surface area (TPSA) is 186 Å². The van der Waals surface area contributed by atoms with Gasteiger partial charge in [-0.15, -0.1) is 22.7 Å². The van der Waals surface area contributed by atoms with Crippen molar-refractivity contribution >= 4 is 68.2 Å². The number of imide groups is 2. The third-order valence-corrected chi connectivity index (χ3v) is 16.2. The molecule has 0 spiro atoms. The van der Waals surface area contributed by atoms with Gasteiger partial charge in [-0.25, -0.2) is 9.59 Å². The van der Waals surface area contributed by atoms with E-state index in [-0.39, 0.29) is 60.9 Å². The number of nitrogen functional groups attached to an aromatic ring is 2. The largest absolute Gasteiger partial charge is 0.456 e. The number of carbonyl (C=O) groups is 6. The number of nitrogens with two attached hydrogens (primary N) is 2. The number of fused-ring (bicyclic) bond motifs is 4. The number of hydrogen-bond donors (Lipinski definition) is 2. The summed E-state index contributed by atoms with van der Waals surface area (Å²) in [6.45, 7) is 16.8. The van der Waals surface area contributed by atoms with Crippen LogP contribution < -0.4 is 11.5 Å². The molecule has 6 aromatic rings. The number of thiophene rings is 2. The molecule has 0 fully saturated rings. The first-order valence-corrected chi connectivity index (χ1v) is 26.5. The van der Waals surface area contributed by atoms with Gasteiger partial charge in [-0.1, -0.05) is 84.9 Å². The maximum atomic E-state index is 13.3. The molecule has 4 N–H and O–H groups in total. The van der Waals surface area contributed by atoms with Crippen molar-refractivity contribution in [1.82, 2.24) is 19.6 Å². The van der Waals surface area contributed by atoms with E-state index in [0.29, 0.717) is 69.3 Å². The van der Waals surface area contributed by atoms with Crippen LogP contribution in [-0.4, -0.2) is 92.0 Å². The maximum absolute atomic E-state index is 13.3. The van der Waals surface area contributed by atoms with Crippen molar-refractivity contribution in [3.05, 3.63) is 175 Å². The minimum Gasteiger partial charge on any atom is -0.456 e. The van der Waals surface area contributed by atoms with Crippen LogP contribution in [0.4, 0.5) is 10.0 Å². The van der Waals surface area contributed by atoms with Gasteiger partial charge in [-0.05, 0) is 115 Å². The van der Waals surface area contributed by atoms with Gasteiger partial charge in [0, 0.05) is 54.1 Å². The molecular formula is C58H62N6O8S2. The second-order valence-corrected chi connectivity index (χ2v) is 23.4. The van der Waals surface area contributed by atoms with Crippen molar-refractivity contribution in [2.45, 2.75) is 110 Å². The highest BCUT2D eigenvalue weighted by atomic mass is 32.1. The molecule has 384 valence electrons. The Bertz CT molecular complexity index is 3060. The summed E-state index contributed by atoms with van der Waals surface area (Å²) in [7, 11) is 0. The van der Waals surface area contributed by atoms with Gasteiger partial charge in [0.2, 0.25) is 0 Å². The summed E-state index contributed by atoms with van der Waals surface area (Å²) >= 11 is 2.76. The quantitative estimate of drug-likeness (QED) is 0.0979. The molecule has 16 heteroatoms. The number of esters is 2. The molecule has 0 radical (unpaired) electrons. The minimum atomic E-state index is -0.652. The van der Waals surface area contributed by atoms with E-state index in [1.54, 1.807) is 48.5 Å². The molecule has 10 rings (SSSR count). The van der Waals surface area contributed by atoms with E-state index in [4.69, 9.17) is 20.9 Å². The van der Waals surface area contributed by atoms with Gasteiger partial charge in [0.25, 0.3) is 23.6 Å². The fourth-order valence-corrected chi connectivity index (χ4v) is 12.8. The van der Waals surface area contributed by atoms with Gasteiger partial charge in [0.1, 0.15) is 21.2 Å². The van der Waals surface area contributed by atoms with Crippen LogP contribution in [-0.2, 0) is 28.9 Å². The van der Waals surface area contributed by atoms with Gasteiger partial charge in [0.15, 0.2) is 0 Å². The highest BCUT2D eigenvalue weighted by Crippen LogP contribution is 2.46. The Labute approximate surface area is 439 Å². The maximum Gasteiger partial charge on any atom is 0.341 e. The number of hydrogen-bond acceptors (Lipinski definition) is 14. The molecular weight excluding hydrogens is 973 g/mol. The molecule has 0 saturated heterocycles. The molecule has 0 bridgehead atoms. The van der Waals surface area contributed by atoms with Crippen LogP contribution in [0.1, 0.15) is 168 Å². The molecule has 4 amide bonds. The molecule has 4 atom stereocenters. The second kappa shape index (κ2) is 20.4. The lowest BCUT2D eigenvalue weighted by Crippen LogP contribution is -2.49. The molecule has 0 unspecified atom stereocenters. The average Bonchev–Trinajstić information content (AvgIpc) is 4.03. The fourth-order valence-electron chi connectivity index (χ4n) is 10.5. The van der Waals surface area contributed by atoms with Crippen molar-refractivity contribution in [2.75, 3.05) is 31.1 Å². The molecule has 14 nitrogen and oxygen atoms in total. The molecule has 74 heavy (non-hydrogen) atoms. The molecule has 0 aliphatic carbocycles. The van der Waals surface area contributed by atoms with Crippen LogP contribution in [0.5, 0.6) is 0 Å². The first kappa shape index (κ1) is 51.9. The number of amides is 4. The van der Waals surface area contributed by atoms with E-state index >= 15 is 0 Å². The van der Waals surface area contributed by atoms with Crippen molar-refractivity contribution in [1.29, 1.82) is 0 Å². The number of nitrogens with zero attached hydrogens (tertiary/aromatic N) is 4. The molecule has 4 aliphatic rings. The minimum absolute atomic E-state index is 0.0165. The van der Waals surface area contributed by atoms with Gasteiger partial charge in [-0.3, -0.25) is 38.8 Å². The molecule has 4 aromatic carbocycles. The number of anilines is 2. The standard InChI is InChI=1S/2C29H31N3O4S/c1-17(18-10-6-5-7-11-18)31-16-23-22(24(25(30)37-23)28(35)36-29(2,3)4)14-19(31)15-32-26(33)20-12-8-9-13-21(20)27(32)34;1-17(18-10-6-5-7-11-18)31-15-14-21-23(28(35)36-29(2,3)4)25(30)37-24(21)22(31)16-32-26(33)19-12-8-9-13-20(19)27(32)34/h5-13,17,19H,14-16,30H2,1-4H3;5-13,17,22H,14-16,30H2,1-4H3/t17-,19-;17-,22+/m00/s1. The van der Waals surface area contributed by atoms with Crippen LogP contribution in [0.25, 0.3) is 0 Å². The molecule has 4 aliphatic heterocycles. The Morgan fingerprint density at radius 3 is 1.45 bits per heavy atom. The van der Waals surface area contributed by atoms with Crippen LogP contribution >= 0.6 is 22.7 Å². The first-order valence-electron chi connectivity index (χ1n) is 24.9. The van der Waals surface area contributed by atoms with E-state index in [1.165, 1.54) is 32.5 Å². The van der Waals surface area contributed by atoms with E-state index in [0.717, 1.165) is 32.0 Å². The highest BCUT2D eigenvalue weighted by Gasteiger charge is 2.44. The fraction of sp³-hybridized carbons (Fsp3) is 0.345. The van der Waals surface area contributed by atoms with Crippen LogP contribution in [0.2, 0.25) is 0 Å². The third-order valence-electron chi connectivity index (χ3n) is 14.0. The first-order chi connectivity index (χ1) is 35.1. The zero-order valence-electron chi connectivity index (χ0n) is 43.0. The number of carbonyl (C=O) groups excluding carboxylic acids is 6. The SMILES string of the molecule is C[C@@H](c1ccccc1)N1CCc2c(sc(N)c2C(=O)OC(C)(C)C)[C@H]1CN1C(=O)c2ccccc2C1=O.C[C@@H](c1ccccc1)N1Cc2sc(N)c(C(=O)OC(C)(C)C)c2C[C@H]1CN1C(=O)c2ccccc2C1=O. The number of benzene rings is 4. The monoisotopic (exact) mass is 1030 g/mol. The van der Waals surface area contributed by atoms with E-state index in [9.17, 15) is 28.8 Å². The summed E-state index contributed by atoms with van der Waals surface area (Å²) in [6, 6.07) is 33.6. The summed E-state index contributed by atoms with van der Waals surface area (Å²) in [4.78, 5) is 88.4. The predicted octanol–water partition coefficient (Wildman–Crippen LogP) is 10.3. The van der Waals surface area contributed by atoms with E-state index in [1.807, 2.05) is 77.9 Å². The Morgan fingerprint density at radius 2 is 0.986 bits per heavy atom. The van der Waals surface area contributed by atoms with Gasteiger partial charge in [0.05, 0.1) is 39.4 Å². The lowest BCUT2D eigenvalue weighted by atomic mass is 9.93. The van der Waals surface area contributed by atoms with Crippen molar-refractivity contribution < 1.29 is 38.2 Å². The lowest BCUT2D eigenvalue weighted by molar-refractivity contribution is 0.00556. The van der Waals surface area contributed by atoms with Crippen molar-refractivity contribution in [3.63, 3.8) is 0 Å². The van der Waals surface area contributed by atoms with Crippen molar-refractivity contribution in [3.8, 4) is 0 Å². The normalized spacial score (nSPS) is 18.5. The number of ether oxygens (including phenoxy) is 2. The van der Waals surface area contributed by atoms with Crippen LogP contribution in [0.15, 0.2) is 109 Å². The highest BCUT2D eigenvalue weighted by molar-refractivity contribution is 7.17. The summed E-state index contributed by atoms with van der Waals surface area (Å²) < 4.78 is 11.3. The summed E-state index contributed by atoms with van der Waals surface area (Å²) in [5, 5.41) is 0.841. The average molecular weight is 1040 g/mol. The Hall–Kier alpha value is -6.98. The Balaban J connectivity index is 0.000000182. The molecule has 0 saturated carbocycles. The second-order valence-electron chi connectivity index (χ2n) is 21.2. The predicted molar refractivity (Wildman–Crippen MR) is 287 cm³/mol. The third kappa shape index (κ3) is 10.2. The summed E-state index contributed by atoms with van der Waals surface area (Å²) in [5.41, 5.74) is 18.0. The summed E-state index contributed by atoms with van der Waals surface area (Å²) in [6.07, 6.45) is 1.09. The molecule has 2 aromatic heterocycles. The van der Waals surface area contributed by atoms with Crippen LogP contribution in [0.3, 0.4) is 0 Å². The van der Waals surface area contributed by atoms with Gasteiger partial charge < -0.3 is 20.9 Å². The lowest BCUT2D eigenvalue weighted by Gasteiger charge is -2.41. The Morgan fingerprint density at radius 1 is 0.581 bits per heavy atom. The smallest absolute Gasteiger partial charge is 0.341 e. The van der Waals surface area contributed by atoms with Gasteiger partial charge >= 0.3 is 11.9 Å². The van der Waals surface area contributed by atoms with E-state index < -0.39 is 23.1 Å². The summed E-state index contributed by atoms with van der Waals surface area (Å²) in [5.74, 6) is -2.03. The van der Waals surface area contributed by atoms with Crippen LogP contribution in [0, 0.1) is 0 Å². The van der Waals surface area contributed by atoms with Crippen molar-refractivity contribution in [2.24, 2.45) is 0 Å². The number of rotatable bonds is 10. The molecule has 6 heterocycles. The zero-order valence-corrected chi connectivity index (χ0v) is 44.6.